The van der Waals surface area contributed by atoms with E-state index in [1.165, 1.54) is 0 Å². The normalized spacial score (nSPS) is 24.0. The van der Waals surface area contributed by atoms with Crippen molar-refractivity contribution in [2.45, 2.75) is 43.6 Å². The minimum absolute atomic E-state index is 0.0854. The Morgan fingerprint density at radius 3 is 2.73 bits per heavy atom. The van der Waals surface area contributed by atoms with Crippen LogP contribution < -0.4 is 0 Å². The van der Waals surface area contributed by atoms with E-state index in [9.17, 15) is 9.59 Å². The first kappa shape index (κ1) is 18.9. The molecular formula is C16H20Cl2O4. The van der Waals surface area contributed by atoms with Crippen molar-refractivity contribution < 1.29 is 19.4 Å². The highest BCUT2D eigenvalue weighted by atomic mass is 35.5. The van der Waals surface area contributed by atoms with Crippen molar-refractivity contribution in [2.24, 2.45) is 0 Å². The Bertz CT molecular complexity index is 510. The number of halogens is 2. The molecule has 2 atom stereocenters. The smallest absolute Gasteiger partial charge is 0.303 e. The highest BCUT2D eigenvalue weighted by molar-refractivity contribution is 6.49. The number of ketones is 1. The van der Waals surface area contributed by atoms with Gasteiger partial charge in [0, 0.05) is 18.1 Å². The minimum atomic E-state index is -1.49. The number of carbonyl (C=O) groups is 2. The number of unbranched alkanes of at least 4 members (excludes halogenated alkanes) is 1. The van der Waals surface area contributed by atoms with Crippen LogP contribution in [0.5, 0.6) is 0 Å². The zero-order chi connectivity index (χ0) is 16.8. The standard InChI is InChI=1S/C16H20Cl2O4/c1-3-11(2)15(21)16(18)12(17)7-6-8-13(16)22-10-5-4-9-14(19)20/h6-8,13H,2-5,9-10H2,1H3,(H,19,20). The van der Waals surface area contributed by atoms with Gasteiger partial charge in [-0.15, -0.1) is 11.6 Å². The van der Waals surface area contributed by atoms with Gasteiger partial charge in [0.2, 0.25) is 0 Å². The number of Topliss-reactive ketones (excluding diaryl/α,β-unsaturated/α-hetero) is 1. The average molecular weight is 347 g/mol. The number of ether oxygens (including phenoxy) is 1. The molecule has 0 fully saturated rings. The van der Waals surface area contributed by atoms with Gasteiger partial charge in [-0.05, 0) is 30.9 Å². The highest BCUT2D eigenvalue weighted by Gasteiger charge is 2.48. The molecule has 4 nitrogen and oxygen atoms in total. The maximum atomic E-state index is 12.5. The van der Waals surface area contributed by atoms with Gasteiger partial charge in [-0.1, -0.05) is 37.3 Å². The van der Waals surface area contributed by atoms with E-state index in [0.717, 1.165) is 0 Å². The van der Waals surface area contributed by atoms with Crippen LogP contribution in [0.15, 0.2) is 35.4 Å². The fraction of sp³-hybridized carbons (Fsp3) is 0.500. The summed E-state index contributed by atoms with van der Waals surface area (Å²) in [5.41, 5.74) is 0.385. The molecule has 1 rings (SSSR count). The molecule has 1 N–H and O–H groups in total. The van der Waals surface area contributed by atoms with Crippen molar-refractivity contribution in [1.29, 1.82) is 0 Å². The predicted molar refractivity (Wildman–Crippen MR) is 87.3 cm³/mol. The second kappa shape index (κ2) is 8.51. The van der Waals surface area contributed by atoms with Gasteiger partial charge in [0.25, 0.3) is 0 Å². The lowest BCUT2D eigenvalue weighted by molar-refractivity contribution is -0.137. The predicted octanol–water partition coefficient (Wildman–Crippen LogP) is 3.83. The Morgan fingerprint density at radius 1 is 1.45 bits per heavy atom. The average Bonchev–Trinajstić information content (AvgIpc) is 2.49. The van der Waals surface area contributed by atoms with Gasteiger partial charge in [-0.2, -0.15) is 0 Å². The third kappa shape index (κ3) is 4.45. The highest BCUT2D eigenvalue weighted by Crippen LogP contribution is 2.40. The third-order valence-corrected chi connectivity index (χ3v) is 4.54. The van der Waals surface area contributed by atoms with Crippen LogP contribution in [0, 0.1) is 0 Å². The summed E-state index contributed by atoms with van der Waals surface area (Å²) in [5.74, 6) is -1.19. The summed E-state index contributed by atoms with van der Waals surface area (Å²) < 4.78 is 5.67. The van der Waals surface area contributed by atoms with Crippen LogP contribution >= 0.6 is 23.2 Å². The van der Waals surface area contributed by atoms with Crippen LogP contribution in [0.2, 0.25) is 0 Å². The molecule has 0 heterocycles. The SMILES string of the molecule is C=C(CC)C(=O)C1(Cl)C(Cl)=CC=CC1OCCCCC(=O)O. The zero-order valence-corrected chi connectivity index (χ0v) is 14.0. The first-order valence-corrected chi connectivity index (χ1v) is 7.89. The zero-order valence-electron chi connectivity index (χ0n) is 12.5. The van der Waals surface area contributed by atoms with E-state index >= 15 is 0 Å². The van der Waals surface area contributed by atoms with E-state index in [0.29, 0.717) is 31.4 Å². The molecular weight excluding hydrogens is 327 g/mol. The van der Waals surface area contributed by atoms with Crippen molar-refractivity contribution >= 4 is 35.0 Å². The fourth-order valence-electron chi connectivity index (χ4n) is 2.05. The molecule has 0 saturated carbocycles. The number of aliphatic carboxylic acids is 1. The summed E-state index contributed by atoms with van der Waals surface area (Å²) in [7, 11) is 0. The number of hydrogen-bond acceptors (Lipinski definition) is 3. The molecule has 0 aliphatic heterocycles. The summed E-state index contributed by atoms with van der Waals surface area (Å²) >= 11 is 12.7. The minimum Gasteiger partial charge on any atom is -0.481 e. The molecule has 1 aliphatic carbocycles. The first-order chi connectivity index (χ1) is 10.3. The molecule has 6 heteroatoms. The molecule has 2 unspecified atom stereocenters. The Morgan fingerprint density at radius 2 is 2.14 bits per heavy atom. The molecule has 0 aromatic rings. The topological polar surface area (TPSA) is 63.6 Å². The molecule has 0 bridgehead atoms. The second-order valence-electron chi connectivity index (χ2n) is 5.04. The summed E-state index contributed by atoms with van der Waals surface area (Å²) in [6.07, 6.45) is 5.86. The van der Waals surface area contributed by atoms with Crippen molar-refractivity contribution in [2.75, 3.05) is 6.61 Å². The van der Waals surface area contributed by atoms with Crippen molar-refractivity contribution in [3.63, 3.8) is 0 Å². The molecule has 122 valence electrons. The van der Waals surface area contributed by atoms with Crippen LogP contribution in [0.3, 0.4) is 0 Å². The summed E-state index contributed by atoms with van der Waals surface area (Å²) in [6, 6.07) is 0. The van der Waals surface area contributed by atoms with Crippen molar-refractivity contribution in [3.05, 3.63) is 35.4 Å². The van der Waals surface area contributed by atoms with E-state index < -0.39 is 16.9 Å². The van der Waals surface area contributed by atoms with Crippen LogP contribution in [0.25, 0.3) is 0 Å². The molecule has 0 aromatic heterocycles. The van der Waals surface area contributed by atoms with Gasteiger partial charge < -0.3 is 9.84 Å². The number of hydrogen-bond donors (Lipinski definition) is 1. The van der Waals surface area contributed by atoms with E-state index in [1.807, 2.05) is 6.92 Å². The number of allylic oxidation sites excluding steroid dienone is 3. The first-order valence-electron chi connectivity index (χ1n) is 7.13. The molecule has 1 aliphatic rings. The van der Waals surface area contributed by atoms with E-state index in [4.69, 9.17) is 33.0 Å². The van der Waals surface area contributed by atoms with Crippen LogP contribution in [0.1, 0.15) is 32.6 Å². The van der Waals surface area contributed by atoms with E-state index in [2.05, 4.69) is 6.58 Å². The monoisotopic (exact) mass is 346 g/mol. The molecule has 0 saturated heterocycles. The summed E-state index contributed by atoms with van der Waals surface area (Å²) in [4.78, 5) is 21.5. The number of carbonyl (C=O) groups excluding carboxylic acids is 1. The van der Waals surface area contributed by atoms with E-state index in [-0.39, 0.29) is 17.2 Å². The van der Waals surface area contributed by atoms with Gasteiger partial charge in [0.1, 0.15) is 6.10 Å². The molecule has 0 amide bonds. The molecule has 0 aromatic carbocycles. The molecule has 0 radical (unpaired) electrons. The van der Waals surface area contributed by atoms with Gasteiger partial charge in [-0.25, -0.2) is 0 Å². The largest absolute Gasteiger partial charge is 0.481 e. The van der Waals surface area contributed by atoms with Crippen LogP contribution in [-0.2, 0) is 14.3 Å². The van der Waals surface area contributed by atoms with Gasteiger partial charge in [0.15, 0.2) is 10.7 Å². The fourth-order valence-corrected chi connectivity index (χ4v) is 2.64. The Labute approximate surface area is 140 Å². The van der Waals surface area contributed by atoms with Crippen LogP contribution in [-0.4, -0.2) is 34.4 Å². The number of carboxylic acids is 1. The second-order valence-corrected chi connectivity index (χ2v) is 6.04. The third-order valence-electron chi connectivity index (χ3n) is 3.43. The van der Waals surface area contributed by atoms with E-state index in [1.54, 1.807) is 18.2 Å². The lowest BCUT2D eigenvalue weighted by Crippen LogP contribution is -2.47. The number of rotatable bonds is 9. The van der Waals surface area contributed by atoms with Gasteiger partial charge in [-0.3, -0.25) is 9.59 Å². The summed E-state index contributed by atoms with van der Waals surface area (Å²) in [6.45, 7) is 5.84. The summed E-state index contributed by atoms with van der Waals surface area (Å²) in [5, 5.41) is 8.79. The molecule has 0 spiro atoms. The number of alkyl halides is 1. The lowest BCUT2D eigenvalue weighted by atomic mass is 9.87. The molecule has 22 heavy (non-hydrogen) atoms. The Kier molecular flexibility index (Phi) is 7.33. The maximum absolute atomic E-state index is 12.5. The van der Waals surface area contributed by atoms with Gasteiger partial charge >= 0.3 is 5.97 Å². The van der Waals surface area contributed by atoms with Crippen molar-refractivity contribution in [1.82, 2.24) is 0 Å². The Hall–Kier alpha value is -1.10. The van der Waals surface area contributed by atoms with Gasteiger partial charge in [0.05, 0.1) is 0 Å². The van der Waals surface area contributed by atoms with Crippen molar-refractivity contribution in [3.8, 4) is 0 Å². The number of carboxylic acid groups (broad SMARTS) is 1. The Balaban J connectivity index is 2.73. The van der Waals surface area contributed by atoms with Crippen LogP contribution in [0.4, 0.5) is 0 Å². The quantitative estimate of drug-likeness (QED) is 0.391. The maximum Gasteiger partial charge on any atom is 0.303 e. The lowest BCUT2D eigenvalue weighted by Gasteiger charge is -2.34.